The zero-order chi connectivity index (χ0) is 18.8. The largest absolute Gasteiger partial charge is 0.469 e. The summed E-state index contributed by atoms with van der Waals surface area (Å²) in [4.78, 5) is 30.4. The van der Waals surface area contributed by atoms with Crippen LogP contribution in [0.3, 0.4) is 0 Å². The fourth-order valence-corrected chi connectivity index (χ4v) is 2.94. The Morgan fingerprint density at radius 3 is 2.44 bits per heavy atom. The van der Waals surface area contributed by atoms with Gasteiger partial charge < -0.3 is 20.3 Å². The molecule has 1 amide bonds. The number of benzene rings is 1. The Morgan fingerprint density at radius 2 is 1.85 bits per heavy atom. The predicted molar refractivity (Wildman–Crippen MR) is 116 cm³/mol. The Bertz CT molecular complexity index is 617. The summed E-state index contributed by atoms with van der Waals surface area (Å²) in [6.07, 6.45) is 1.53. The van der Waals surface area contributed by atoms with Crippen LogP contribution in [0.15, 0.2) is 35.3 Å². The van der Waals surface area contributed by atoms with Crippen molar-refractivity contribution in [2.24, 2.45) is 10.9 Å². The quantitative estimate of drug-likeness (QED) is 0.210. The molecule has 1 aliphatic rings. The lowest BCUT2D eigenvalue weighted by Gasteiger charge is -2.33. The number of piperidine rings is 1. The molecule has 1 aromatic carbocycles. The molecule has 1 saturated heterocycles. The number of nitrogens with zero attached hydrogens (tertiary/aromatic N) is 2. The summed E-state index contributed by atoms with van der Waals surface area (Å²) >= 11 is 0. The number of amides is 1. The Balaban J connectivity index is 0.00000364. The summed E-state index contributed by atoms with van der Waals surface area (Å²) in [5, 5.41) is 6.15. The Kier molecular flexibility index (Phi) is 10.8. The maximum atomic E-state index is 12.0. The first kappa shape index (κ1) is 23.2. The van der Waals surface area contributed by atoms with E-state index < -0.39 is 0 Å². The van der Waals surface area contributed by atoms with Crippen LogP contribution in [-0.2, 0) is 9.53 Å². The van der Waals surface area contributed by atoms with Crippen LogP contribution in [0.1, 0.15) is 30.1 Å². The first-order valence-corrected chi connectivity index (χ1v) is 9.10. The highest BCUT2D eigenvalue weighted by molar-refractivity contribution is 14.0. The molecule has 8 heteroatoms. The molecule has 0 unspecified atom stereocenters. The van der Waals surface area contributed by atoms with Gasteiger partial charge in [-0.2, -0.15) is 0 Å². The maximum absolute atomic E-state index is 12.0. The van der Waals surface area contributed by atoms with E-state index in [1.54, 1.807) is 12.1 Å². The smallest absolute Gasteiger partial charge is 0.308 e. The molecule has 27 heavy (non-hydrogen) atoms. The van der Waals surface area contributed by atoms with Crippen molar-refractivity contribution in [2.75, 3.05) is 39.8 Å². The van der Waals surface area contributed by atoms with Crippen LogP contribution in [-0.4, -0.2) is 62.6 Å². The number of guanidine groups is 1. The zero-order valence-electron chi connectivity index (χ0n) is 15.9. The standard InChI is InChI=1S/C19H28N4O3.HI/c1-3-20-19(23-13-9-16(10-14-23)18(25)26-2)22-12-11-21-17(24)15-7-5-4-6-8-15;/h4-8,16H,3,9-14H2,1-2H3,(H,20,22)(H,21,24);1H. The van der Waals surface area contributed by atoms with Crippen LogP contribution in [0.5, 0.6) is 0 Å². The maximum Gasteiger partial charge on any atom is 0.308 e. The van der Waals surface area contributed by atoms with Crippen molar-refractivity contribution in [1.82, 2.24) is 15.5 Å². The van der Waals surface area contributed by atoms with E-state index in [9.17, 15) is 9.59 Å². The number of likely N-dealkylation sites (tertiary alicyclic amines) is 1. The molecule has 7 nitrogen and oxygen atoms in total. The number of ether oxygens (including phenoxy) is 1. The SMILES string of the molecule is CCNC(=NCCNC(=O)c1ccccc1)N1CCC(C(=O)OC)CC1.I. The lowest BCUT2D eigenvalue weighted by Crippen LogP contribution is -2.47. The second-order valence-corrected chi connectivity index (χ2v) is 6.14. The van der Waals surface area contributed by atoms with Crippen LogP contribution in [0.25, 0.3) is 0 Å². The number of nitrogens with one attached hydrogen (secondary N) is 2. The van der Waals surface area contributed by atoms with Gasteiger partial charge >= 0.3 is 5.97 Å². The van der Waals surface area contributed by atoms with Crippen LogP contribution >= 0.6 is 24.0 Å². The molecular formula is C19H29IN4O3. The number of esters is 1. The molecule has 1 aliphatic heterocycles. The van der Waals surface area contributed by atoms with Gasteiger partial charge in [-0.15, -0.1) is 24.0 Å². The van der Waals surface area contributed by atoms with Crippen molar-refractivity contribution >= 4 is 41.8 Å². The molecule has 1 aromatic rings. The lowest BCUT2D eigenvalue weighted by atomic mass is 9.97. The summed E-state index contributed by atoms with van der Waals surface area (Å²) < 4.78 is 4.83. The molecule has 1 fully saturated rings. The molecule has 0 spiro atoms. The van der Waals surface area contributed by atoms with Gasteiger partial charge in [-0.3, -0.25) is 14.6 Å². The first-order valence-electron chi connectivity index (χ1n) is 9.10. The van der Waals surface area contributed by atoms with E-state index in [1.165, 1.54) is 7.11 Å². The van der Waals surface area contributed by atoms with Crippen LogP contribution in [0.2, 0.25) is 0 Å². The zero-order valence-corrected chi connectivity index (χ0v) is 18.3. The third kappa shape index (κ3) is 7.36. The summed E-state index contributed by atoms with van der Waals surface area (Å²) in [7, 11) is 1.43. The highest BCUT2D eigenvalue weighted by Gasteiger charge is 2.26. The molecule has 0 atom stereocenters. The second-order valence-electron chi connectivity index (χ2n) is 6.14. The van der Waals surface area contributed by atoms with E-state index in [0.29, 0.717) is 18.7 Å². The fraction of sp³-hybridized carbons (Fsp3) is 0.526. The molecule has 0 radical (unpaired) electrons. The molecule has 0 aliphatic carbocycles. The molecule has 0 saturated carbocycles. The van der Waals surface area contributed by atoms with Gasteiger partial charge in [0.05, 0.1) is 19.6 Å². The van der Waals surface area contributed by atoms with Crippen molar-refractivity contribution in [2.45, 2.75) is 19.8 Å². The molecule has 2 rings (SSSR count). The molecule has 150 valence electrons. The third-order valence-electron chi connectivity index (χ3n) is 4.36. The molecule has 0 aromatic heterocycles. The van der Waals surface area contributed by atoms with Gasteiger partial charge in [0.2, 0.25) is 0 Å². The van der Waals surface area contributed by atoms with E-state index in [2.05, 4.69) is 20.5 Å². The minimum Gasteiger partial charge on any atom is -0.469 e. The van der Waals surface area contributed by atoms with Crippen LogP contribution in [0.4, 0.5) is 0 Å². The Labute approximate surface area is 178 Å². The summed E-state index contributed by atoms with van der Waals surface area (Å²) in [5.41, 5.74) is 0.647. The average molecular weight is 488 g/mol. The topological polar surface area (TPSA) is 83.0 Å². The monoisotopic (exact) mass is 488 g/mol. The van der Waals surface area contributed by atoms with Gasteiger partial charge in [0.15, 0.2) is 5.96 Å². The fourth-order valence-electron chi connectivity index (χ4n) is 2.94. The summed E-state index contributed by atoms with van der Waals surface area (Å²) in [6, 6.07) is 9.14. The van der Waals surface area contributed by atoms with E-state index in [4.69, 9.17) is 4.74 Å². The van der Waals surface area contributed by atoms with E-state index >= 15 is 0 Å². The number of methoxy groups -OCH3 is 1. The van der Waals surface area contributed by atoms with E-state index in [1.807, 2.05) is 25.1 Å². The van der Waals surface area contributed by atoms with Gasteiger partial charge in [0, 0.05) is 31.7 Å². The van der Waals surface area contributed by atoms with Crippen molar-refractivity contribution in [3.63, 3.8) is 0 Å². The molecule has 0 bridgehead atoms. The Hall–Kier alpha value is -1.84. The second kappa shape index (κ2) is 12.5. The van der Waals surface area contributed by atoms with Gasteiger partial charge in [-0.05, 0) is 31.9 Å². The highest BCUT2D eigenvalue weighted by Crippen LogP contribution is 2.18. The number of halogens is 1. The van der Waals surface area contributed by atoms with Crippen molar-refractivity contribution in [3.8, 4) is 0 Å². The van der Waals surface area contributed by atoms with Gasteiger partial charge in [0.1, 0.15) is 0 Å². The molecule has 2 N–H and O–H groups in total. The van der Waals surface area contributed by atoms with Crippen molar-refractivity contribution in [1.29, 1.82) is 0 Å². The lowest BCUT2D eigenvalue weighted by molar-refractivity contribution is -0.146. The third-order valence-corrected chi connectivity index (χ3v) is 4.36. The van der Waals surface area contributed by atoms with Gasteiger partial charge in [-0.1, -0.05) is 18.2 Å². The number of hydrogen-bond donors (Lipinski definition) is 2. The van der Waals surface area contributed by atoms with Crippen molar-refractivity contribution < 1.29 is 14.3 Å². The first-order chi connectivity index (χ1) is 12.7. The molecular weight excluding hydrogens is 459 g/mol. The summed E-state index contributed by atoms with van der Waals surface area (Å²) in [6.45, 7) is 5.29. The minimum atomic E-state index is -0.129. The van der Waals surface area contributed by atoms with E-state index in [-0.39, 0.29) is 41.8 Å². The van der Waals surface area contributed by atoms with Crippen LogP contribution in [0, 0.1) is 5.92 Å². The highest BCUT2D eigenvalue weighted by atomic mass is 127. The predicted octanol–water partition coefficient (Wildman–Crippen LogP) is 1.88. The van der Waals surface area contributed by atoms with Crippen LogP contribution < -0.4 is 10.6 Å². The number of carbonyl (C=O) groups excluding carboxylic acids is 2. The normalized spacial score (nSPS) is 14.9. The van der Waals surface area contributed by atoms with Crippen molar-refractivity contribution in [3.05, 3.63) is 35.9 Å². The Morgan fingerprint density at radius 1 is 1.19 bits per heavy atom. The average Bonchev–Trinajstić information content (AvgIpc) is 2.70. The van der Waals surface area contributed by atoms with Gasteiger partial charge in [0.25, 0.3) is 5.91 Å². The van der Waals surface area contributed by atoms with Gasteiger partial charge in [-0.25, -0.2) is 0 Å². The number of rotatable bonds is 6. The minimum absolute atomic E-state index is 0. The number of hydrogen-bond acceptors (Lipinski definition) is 4. The molecule has 1 heterocycles. The number of carbonyl (C=O) groups is 2. The number of aliphatic imine (C=N–C) groups is 1. The van der Waals surface area contributed by atoms with E-state index in [0.717, 1.165) is 38.4 Å². The summed E-state index contributed by atoms with van der Waals surface area (Å²) in [5.74, 6) is 0.578.